The van der Waals surface area contributed by atoms with Gasteiger partial charge >= 0.3 is 0 Å². The first-order valence-electron chi connectivity index (χ1n) is 5.48. The molecule has 1 aliphatic rings. The molecule has 0 amide bonds. The van der Waals surface area contributed by atoms with Crippen molar-refractivity contribution >= 4 is 0 Å². The van der Waals surface area contributed by atoms with Gasteiger partial charge in [-0.2, -0.15) is 0 Å². The molecule has 0 spiro atoms. The lowest BCUT2D eigenvalue weighted by Gasteiger charge is -2.35. The lowest BCUT2D eigenvalue weighted by Crippen LogP contribution is -2.46. The average Bonchev–Trinajstić information content (AvgIpc) is 2.41. The van der Waals surface area contributed by atoms with E-state index in [9.17, 15) is 5.11 Å². The summed E-state index contributed by atoms with van der Waals surface area (Å²) < 4.78 is 10.7. The quantitative estimate of drug-likeness (QED) is 0.752. The van der Waals surface area contributed by atoms with Crippen LogP contribution in [0.5, 0.6) is 0 Å². The zero-order valence-electron chi connectivity index (χ0n) is 9.45. The first-order chi connectivity index (χ1) is 6.60. The molecule has 3 heteroatoms. The van der Waals surface area contributed by atoms with E-state index in [0.29, 0.717) is 32.3 Å². The third kappa shape index (κ3) is 2.69. The minimum atomic E-state index is -0.800. The molecular weight excluding hydrogens is 180 g/mol. The summed E-state index contributed by atoms with van der Waals surface area (Å²) in [5.41, 5.74) is -0.800. The van der Waals surface area contributed by atoms with Gasteiger partial charge in [-0.1, -0.05) is 27.2 Å². The zero-order valence-corrected chi connectivity index (χ0v) is 9.45. The summed E-state index contributed by atoms with van der Waals surface area (Å²) in [7, 11) is 0. The third-order valence-corrected chi connectivity index (χ3v) is 3.42. The summed E-state index contributed by atoms with van der Waals surface area (Å²) in [6, 6.07) is 0. The first kappa shape index (κ1) is 12.0. The zero-order chi connectivity index (χ0) is 10.6. The number of aliphatic hydroxyl groups is 1. The molecule has 1 heterocycles. The van der Waals surface area contributed by atoms with Crippen molar-refractivity contribution < 1.29 is 14.6 Å². The van der Waals surface area contributed by atoms with E-state index in [0.717, 1.165) is 6.42 Å². The van der Waals surface area contributed by atoms with Gasteiger partial charge in [0.05, 0.1) is 26.4 Å². The van der Waals surface area contributed by atoms with Crippen LogP contribution in [0.3, 0.4) is 0 Å². The predicted molar refractivity (Wildman–Crippen MR) is 55.2 cm³/mol. The molecule has 84 valence electrons. The van der Waals surface area contributed by atoms with Crippen LogP contribution in [0, 0.1) is 11.8 Å². The molecule has 14 heavy (non-hydrogen) atoms. The Labute approximate surface area is 86.4 Å². The number of hydrogen-bond donors (Lipinski definition) is 1. The van der Waals surface area contributed by atoms with E-state index < -0.39 is 5.60 Å². The van der Waals surface area contributed by atoms with E-state index >= 15 is 0 Å². The van der Waals surface area contributed by atoms with Gasteiger partial charge in [-0.05, 0) is 11.8 Å². The van der Waals surface area contributed by atoms with Crippen molar-refractivity contribution in [3.63, 3.8) is 0 Å². The van der Waals surface area contributed by atoms with Gasteiger partial charge in [0, 0.05) is 0 Å². The van der Waals surface area contributed by atoms with Gasteiger partial charge in [-0.15, -0.1) is 0 Å². The molecule has 1 aliphatic heterocycles. The van der Waals surface area contributed by atoms with Crippen LogP contribution in [0.4, 0.5) is 0 Å². The van der Waals surface area contributed by atoms with Gasteiger partial charge in [0.25, 0.3) is 0 Å². The molecule has 3 nitrogen and oxygen atoms in total. The molecule has 1 fully saturated rings. The number of hydrogen-bond acceptors (Lipinski definition) is 3. The van der Waals surface area contributed by atoms with E-state index in [1.807, 2.05) is 0 Å². The minimum absolute atomic E-state index is 0.214. The smallest absolute Gasteiger partial charge is 0.114 e. The molecule has 0 aliphatic carbocycles. The first-order valence-corrected chi connectivity index (χ1v) is 5.48. The van der Waals surface area contributed by atoms with Crippen molar-refractivity contribution in [3.05, 3.63) is 0 Å². The average molecular weight is 202 g/mol. The standard InChI is InChI=1S/C11H22O3/c1-4-9(2)10(3)11(12)7-13-5-6-14-8-11/h9-10,12H,4-8H2,1-3H3. The topological polar surface area (TPSA) is 38.7 Å². The molecule has 1 rings (SSSR count). The summed E-state index contributed by atoms with van der Waals surface area (Å²) in [5, 5.41) is 10.4. The van der Waals surface area contributed by atoms with Gasteiger partial charge in [-0.25, -0.2) is 0 Å². The molecule has 1 saturated heterocycles. The van der Waals surface area contributed by atoms with Gasteiger partial charge in [0.2, 0.25) is 0 Å². The Bertz CT molecular complexity index is 162. The molecule has 2 atom stereocenters. The largest absolute Gasteiger partial charge is 0.385 e. The Morgan fingerprint density at radius 2 is 1.71 bits per heavy atom. The Kier molecular flexibility index (Phi) is 4.35. The van der Waals surface area contributed by atoms with Gasteiger partial charge in [-0.3, -0.25) is 0 Å². The molecular formula is C11H22O3. The molecule has 0 saturated carbocycles. The highest BCUT2D eigenvalue weighted by Crippen LogP contribution is 2.28. The normalized spacial score (nSPS) is 26.6. The maximum atomic E-state index is 10.4. The summed E-state index contributed by atoms with van der Waals surface area (Å²) >= 11 is 0. The van der Waals surface area contributed by atoms with E-state index in [1.54, 1.807) is 0 Å². The van der Waals surface area contributed by atoms with Gasteiger partial charge < -0.3 is 14.6 Å². The van der Waals surface area contributed by atoms with E-state index in [2.05, 4.69) is 20.8 Å². The van der Waals surface area contributed by atoms with Crippen LogP contribution in [0.25, 0.3) is 0 Å². The highest BCUT2D eigenvalue weighted by molar-refractivity contribution is 4.87. The van der Waals surface area contributed by atoms with Crippen LogP contribution in [0.2, 0.25) is 0 Å². The van der Waals surface area contributed by atoms with Crippen LogP contribution < -0.4 is 0 Å². The van der Waals surface area contributed by atoms with Gasteiger partial charge in [0.1, 0.15) is 5.60 Å². The summed E-state index contributed by atoms with van der Waals surface area (Å²) in [5.74, 6) is 0.705. The van der Waals surface area contributed by atoms with Crippen LogP contribution in [-0.4, -0.2) is 37.1 Å². The molecule has 0 aromatic heterocycles. The summed E-state index contributed by atoms with van der Waals surface area (Å²) in [4.78, 5) is 0. The molecule has 1 N–H and O–H groups in total. The Morgan fingerprint density at radius 1 is 1.21 bits per heavy atom. The molecule has 0 bridgehead atoms. The monoisotopic (exact) mass is 202 g/mol. The second-order valence-electron chi connectivity index (χ2n) is 4.38. The second kappa shape index (κ2) is 5.10. The Hall–Kier alpha value is -0.120. The van der Waals surface area contributed by atoms with E-state index in [4.69, 9.17) is 9.47 Å². The van der Waals surface area contributed by atoms with Crippen LogP contribution in [0.15, 0.2) is 0 Å². The molecule has 0 aromatic carbocycles. The third-order valence-electron chi connectivity index (χ3n) is 3.42. The number of rotatable bonds is 3. The van der Waals surface area contributed by atoms with E-state index in [-0.39, 0.29) is 5.92 Å². The van der Waals surface area contributed by atoms with Crippen LogP contribution in [0.1, 0.15) is 27.2 Å². The van der Waals surface area contributed by atoms with Crippen LogP contribution >= 0.6 is 0 Å². The maximum Gasteiger partial charge on any atom is 0.114 e. The summed E-state index contributed by atoms with van der Waals surface area (Å²) in [6.45, 7) is 8.37. The van der Waals surface area contributed by atoms with Gasteiger partial charge in [0.15, 0.2) is 0 Å². The number of ether oxygens (including phenoxy) is 2. The van der Waals surface area contributed by atoms with Crippen molar-refractivity contribution in [1.82, 2.24) is 0 Å². The fourth-order valence-corrected chi connectivity index (χ4v) is 1.80. The van der Waals surface area contributed by atoms with Crippen molar-refractivity contribution in [3.8, 4) is 0 Å². The highest BCUT2D eigenvalue weighted by atomic mass is 16.6. The van der Waals surface area contributed by atoms with Crippen LogP contribution in [-0.2, 0) is 9.47 Å². The lowest BCUT2D eigenvalue weighted by molar-refractivity contribution is -0.104. The minimum Gasteiger partial charge on any atom is -0.385 e. The van der Waals surface area contributed by atoms with Crippen molar-refractivity contribution in [2.24, 2.45) is 11.8 Å². The Balaban J connectivity index is 2.60. The SMILES string of the molecule is CCC(C)C(C)C1(O)COCCOC1. The fraction of sp³-hybridized carbons (Fsp3) is 1.00. The summed E-state index contributed by atoms with van der Waals surface area (Å²) in [6.07, 6.45) is 1.07. The molecule has 0 radical (unpaired) electrons. The van der Waals surface area contributed by atoms with Crippen molar-refractivity contribution in [2.45, 2.75) is 32.8 Å². The predicted octanol–water partition coefficient (Wildman–Crippen LogP) is 1.45. The second-order valence-corrected chi connectivity index (χ2v) is 4.38. The fourth-order valence-electron chi connectivity index (χ4n) is 1.80. The molecule has 0 aromatic rings. The van der Waals surface area contributed by atoms with Crippen molar-refractivity contribution in [1.29, 1.82) is 0 Å². The highest BCUT2D eigenvalue weighted by Gasteiger charge is 2.38. The maximum absolute atomic E-state index is 10.4. The Morgan fingerprint density at radius 3 is 2.14 bits per heavy atom. The lowest BCUT2D eigenvalue weighted by atomic mass is 9.80. The van der Waals surface area contributed by atoms with Crippen molar-refractivity contribution in [2.75, 3.05) is 26.4 Å². The molecule has 2 unspecified atom stereocenters. The van der Waals surface area contributed by atoms with E-state index in [1.165, 1.54) is 0 Å².